The van der Waals surface area contributed by atoms with Gasteiger partial charge in [-0.25, -0.2) is 9.59 Å². The second-order valence-corrected chi connectivity index (χ2v) is 10.7. The number of aromatic nitrogens is 2. The highest BCUT2D eigenvalue weighted by molar-refractivity contribution is 6.17. The van der Waals surface area contributed by atoms with Crippen LogP contribution >= 0.6 is 0 Å². The Morgan fingerprint density at radius 1 is 1.05 bits per heavy atom. The molecule has 0 atom stereocenters. The van der Waals surface area contributed by atoms with Crippen molar-refractivity contribution in [3.05, 3.63) is 57.9 Å². The zero-order valence-electron chi connectivity index (χ0n) is 23.2. The Hall–Kier alpha value is -3.37. The molecule has 2 aliphatic heterocycles. The van der Waals surface area contributed by atoms with Crippen molar-refractivity contribution in [3.63, 3.8) is 0 Å². The van der Waals surface area contributed by atoms with Gasteiger partial charge in [0.1, 0.15) is 17.9 Å². The van der Waals surface area contributed by atoms with E-state index in [1.54, 1.807) is 56.8 Å². The summed E-state index contributed by atoms with van der Waals surface area (Å²) in [6.45, 7) is 12.4. The van der Waals surface area contributed by atoms with Gasteiger partial charge in [-0.2, -0.15) is 0 Å². The van der Waals surface area contributed by atoms with E-state index in [-0.39, 0.29) is 29.8 Å². The highest BCUT2D eigenvalue weighted by atomic mass is 16.5. The minimum atomic E-state index is -0.626. The van der Waals surface area contributed by atoms with E-state index in [9.17, 15) is 14.4 Å². The van der Waals surface area contributed by atoms with E-state index in [2.05, 4.69) is 4.90 Å². The molecule has 4 rings (SSSR count). The van der Waals surface area contributed by atoms with E-state index >= 15 is 0 Å². The molecule has 0 saturated carbocycles. The van der Waals surface area contributed by atoms with Crippen molar-refractivity contribution in [3.8, 4) is 5.75 Å². The van der Waals surface area contributed by atoms with Crippen LogP contribution in [0.3, 0.4) is 0 Å². The van der Waals surface area contributed by atoms with Crippen molar-refractivity contribution in [1.29, 1.82) is 0 Å². The molecule has 1 fully saturated rings. The average molecular weight is 527 g/mol. The maximum atomic E-state index is 13.7. The molecule has 10 heteroatoms. The number of nitrogens with zero attached hydrogens (tertiary/aromatic N) is 4. The number of carbonyl (C=O) groups excluding carboxylic acids is 2. The van der Waals surface area contributed by atoms with Gasteiger partial charge in [0.05, 0.1) is 30.7 Å². The largest absolute Gasteiger partial charge is 0.492 e. The number of carbonyl (C=O) groups is 2. The number of benzene rings is 1. The van der Waals surface area contributed by atoms with Crippen molar-refractivity contribution in [2.24, 2.45) is 14.1 Å². The molecule has 1 aromatic heterocycles. The molecule has 3 heterocycles. The molecule has 0 bridgehead atoms. The summed E-state index contributed by atoms with van der Waals surface area (Å²) in [5.74, 6) is -0.155. The van der Waals surface area contributed by atoms with E-state index in [1.165, 1.54) is 15.7 Å². The zero-order valence-corrected chi connectivity index (χ0v) is 23.2. The Bertz CT molecular complexity index is 1270. The van der Waals surface area contributed by atoms with E-state index in [0.717, 1.165) is 32.8 Å². The van der Waals surface area contributed by atoms with Crippen molar-refractivity contribution in [2.75, 3.05) is 46.0 Å². The lowest BCUT2D eigenvalue weighted by Gasteiger charge is -2.29. The number of hydrogen-bond donors (Lipinski definition) is 0. The van der Waals surface area contributed by atoms with Crippen LogP contribution in [0.1, 0.15) is 49.4 Å². The first-order chi connectivity index (χ1) is 18.0. The third-order valence-electron chi connectivity index (χ3n) is 6.92. The topological polar surface area (TPSA) is 95.2 Å². The summed E-state index contributed by atoms with van der Waals surface area (Å²) in [7, 11) is 3.31. The Morgan fingerprint density at radius 3 is 2.34 bits per heavy atom. The first kappa shape index (κ1) is 27.7. The van der Waals surface area contributed by atoms with Gasteiger partial charge < -0.3 is 19.1 Å². The van der Waals surface area contributed by atoms with E-state index in [0.29, 0.717) is 29.3 Å². The maximum Gasteiger partial charge on any atom is 0.342 e. The van der Waals surface area contributed by atoms with Gasteiger partial charge in [-0.05, 0) is 38.1 Å². The average Bonchev–Trinajstić information content (AvgIpc) is 3.02. The predicted octanol–water partition coefficient (Wildman–Crippen LogP) is 2.16. The Balaban J connectivity index is 1.58. The van der Waals surface area contributed by atoms with Crippen LogP contribution in [0, 0.1) is 0 Å². The summed E-state index contributed by atoms with van der Waals surface area (Å²) in [5.41, 5.74) is 0.919. The number of esters is 1. The number of imidazole rings is 1. The number of amides is 1. The molecular formula is C28H38N4O6. The molecule has 0 radical (unpaired) electrons. The monoisotopic (exact) mass is 526 g/mol. The maximum absolute atomic E-state index is 13.7. The normalized spacial score (nSPS) is 17.6. The first-order valence-corrected chi connectivity index (χ1v) is 13.0. The van der Waals surface area contributed by atoms with E-state index < -0.39 is 11.4 Å². The Morgan fingerprint density at radius 2 is 1.71 bits per heavy atom. The quantitative estimate of drug-likeness (QED) is 0.511. The van der Waals surface area contributed by atoms with Crippen LogP contribution in [0.2, 0.25) is 0 Å². The van der Waals surface area contributed by atoms with Gasteiger partial charge in [-0.15, -0.1) is 0 Å². The molecule has 2 aromatic rings. The summed E-state index contributed by atoms with van der Waals surface area (Å²) >= 11 is 0. The van der Waals surface area contributed by atoms with E-state index in [1.807, 2.05) is 13.8 Å². The number of rotatable bonds is 7. The molecule has 38 heavy (non-hydrogen) atoms. The fraction of sp³-hybridized carbons (Fsp3) is 0.536. The van der Waals surface area contributed by atoms with Gasteiger partial charge in [0, 0.05) is 57.5 Å². The molecule has 0 aliphatic carbocycles. The molecule has 1 aromatic carbocycles. The van der Waals surface area contributed by atoms with Crippen LogP contribution in [-0.4, -0.2) is 82.9 Å². The molecule has 0 spiro atoms. The lowest BCUT2D eigenvalue weighted by atomic mass is 9.86. The smallest absolute Gasteiger partial charge is 0.342 e. The minimum absolute atomic E-state index is 0.177. The lowest BCUT2D eigenvalue weighted by Crippen LogP contribution is -2.39. The van der Waals surface area contributed by atoms with Gasteiger partial charge in [0.25, 0.3) is 5.91 Å². The van der Waals surface area contributed by atoms with Crippen LogP contribution < -0.4 is 10.4 Å². The summed E-state index contributed by atoms with van der Waals surface area (Å²) < 4.78 is 19.8. The van der Waals surface area contributed by atoms with Crippen molar-refractivity contribution in [2.45, 2.75) is 39.2 Å². The summed E-state index contributed by atoms with van der Waals surface area (Å²) in [5, 5.41) is 0. The van der Waals surface area contributed by atoms with Gasteiger partial charge in [-0.1, -0.05) is 13.8 Å². The summed E-state index contributed by atoms with van der Waals surface area (Å²) in [6.07, 6.45) is 1.16. The predicted molar refractivity (Wildman–Crippen MR) is 143 cm³/mol. The second kappa shape index (κ2) is 11.2. The number of hydrogen-bond acceptors (Lipinski definition) is 7. The number of fused-ring (bicyclic) bond motifs is 1. The molecule has 0 unspecified atom stereocenters. The highest BCUT2D eigenvalue weighted by Gasteiger charge is 2.39. The van der Waals surface area contributed by atoms with Gasteiger partial charge in [-0.3, -0.25) is 18.8 Å². The zero-order chi connectivity index (χ0) is 27.6. The Kier molecular flexibility index (Phi) is 8.13. The van der Waals surface area contributed by atoms with Gasteiger partial charge >= 0.3 is 11.7 Å². The highest BCUT2D eigenvalue weighted by Crippen LogP contribution is 2.35. The molecular weight excluding hydrogens is 488 g/mol. The fourth-order valence-electron chi connectivity index (χ4n) is 5.11. The van der Waals surface area contributed by atoms with Crippen molar-refractivity contribution in [1.82, 2.24) is 18.9 Å². The standard InChI is InChI=1S/C28H38N4O6/c1-19(2)38-26(34)22-17-32(18-28(3,4)24-23(22)29(5)27(35)30(24)6)25(33)20-7-9-21(10-8-20)37-16-13-31-11-14-36-15-12-31/h7-10,17,19H,11-16,18H2,1-6H3. The molecule has 10 nitrogen and oxygen atoms in total. The molecule has 1 saturated heterocycles. The SMILES string of the molecule is CC(C)OC(=O)C1=CN(C(=O)c2ccc(OCCN3CCOCC3)cc2)CC(C)(C)c2c1n(C)c(=O)n2C. The number of morpholine rings is 1. The van der Waals surface area contributed by atoms with Crippen LogP contribution in [-0.2, 0) is 33.8 Å². The minimum Gasteiger partial charge on any atom is -0.492 e. The third-order valence-corrected chi connectivity index (χ3v) is 6.92. The lowest BCUT2D eigenvalue weighted by molar-refractivity contribution is -0.140. The number of ether oxygens (including phenoxy) is 3. The van der Waals surface area contributed by atoms with Crippen LogP contribution in [0.15, 0.2) is 35.3 Å². The molecule has 2 aliphatic rings. The first-order valence-electron chi connectivity index (χ1n) is 13.0. The molecule has 0 N–H and O–H groups in total. The van der Waals surface area contributed by atoms with Gasteiger partial charge in [0.15, 0.2) is 0 Å². The summed E-state index contributed by atoms with van der Waals surface area (Å²) in [4.78, 5) is 43.5. The van der Waals surface area contributed by atoms with Gasteiger partial charge in [0.2, 0.25) is 0 Å². The van der Waals surface area contributed by atoms with Crippen LogP contribution in [0.25, 0.3) is 5.57 Å². The van der Waals surface area contributed by atoms with Crippen molar-refractivity contribution < 1.29 is 23.8 Å². The Labute approximate surface area is 223 Å². The van der Waals surface area contributed by atoms with Crippen LogP contribution in [0.5, 0.6) is 5.75 Å². The van der Waals surface area contributed by atoms with Crippen molar-refractivity contribution >= 4 is 17.4 Å². The third kappa shape index (κ3) is 5.71. The van der Waals surface area contributed by atoms with Crippen LogP contribution in [0.4, 0.5) is 0 Å². The van der Waals surface area contributed by atoms with E-state index in [4.69, 9.17) is 14.2 Å². The fourth-order valence-corrected chi connectivity index (χ4v) is 5.11. The molecule has 1 amide bonds. The summed E-state index contributed by atoms with van der Waals surface area (Å²) in [6, 6.07) is 7.03. The second-order valence-electron chi connectivity index (χ2n) is 10.7. The molecule has 206 valence electrons.